The predicted molar refractivity (Wildman–Crippen MR) is 60.5 cm³/mol. The minimum absolute atomic E-state index is 0.335. The molecule has 1 amide bonds. The first kappa shape index (κ1) is 13.2. The van der Waals surface area contributed by atoms with Gasteiger partial charge in [0.05, 0.1) is 9.73 Å². The van der Waals surface area contributed by atoms with Crippen LogP contribution in [-0.2, 0) is 19.3 Å². The van der Waals surface area contributed by atoms with Crippen molar-refractivity contribution in [2.24, 2.45) is 16.2 Å². The largest absolute Gasteiger partial charge is 0.481 e. The molecule has 1 rings (SSSR count). The van der Waals surface area contributed by atoms with E-state index in [1.54, 1.807) is 13.8 Å². The summed E-state index contributed by atoms with van der Waals surface area (Å²) >= 11 is 0. The predicted octanol–water partition coefficient (Wildman–Crippen LogP) is 1.13. The number of hydrogen-bond donors (Lipinski definition) is 1. The van der Waals surface area contributed by atoms with Crippen LogP contribution in [0.25, 0.3) is 0 Å². The number of aliphatic carboxylic acids is 1. The molecule has 0 aliphatic carbocycles. The lowest BCUT2D eigenvalue weighted by Gasteiger charge is -2.12. The molecule has 1 aliphatic heterocycles. The van der Waals surface area contributed by atoms with Crippen LogP contribution in [0.4, 0.5) is 0 Å². The maximum absolute atomic E-state index is 12.0. The first-order valence-electron chi connectivity index (χ1n) is 5.35. The van der Waals surface area contributed by atoms with Gasteiger partial charge in [0.1, 0.15) is 5.92 Å². The van der Waals surface area contributed by atoms with Gasteiger partial charge >= 0.3 is 5.97 Å². The van der Waals surface area contributed by atoms with Crippen molar-refractivity contribution in [3.05, 3.63) is 0 Å². The Hall–Kier alpha value is -0.910. The summed E-state index contributed by atoms with van der Waals surface area (Å²) in [5, 5.41) is 8.90. The maximum atomic E-state index is 12.0. The third kappa shape index (κ3) is 3.04. The van der Waals surface area contributed by atoms with E-state index < -0.39 is 27.5 Å². The third-order valence-electron chi connectivity index (χ3n) is 2.63. The second-order valence-corrected chi connectivity index (χ2v) is 6.92. The van der Waals surface area contributed by atoms with Crippen LogP contribution >= 0.6 is 0 Å². The molecule has 1 fully saturated rings. The number of nitrogens with zero attached hydrogens (tertiary/aromatic N) is 1. The Morgan fingerprint density at radius 2 is 1.75 bits per heavy atom. The lowest BCUT2D eigenvalue weighted by Crippen LogP contribution is -2.28. The lowest BCUT2D eigenvalue weighted by molar-refractivity contribution is -0.147. The Labute approximate surface area is 95.4 Å². The number of hydrogen-bond acceptors (Lipinski definition) is 3. The van der Waals surface area contributed by atoms with E-state index in [1.165, 1.54) is 0 Å². The van der Waals surface area contributed by atoms with Crippen molar-refractivity contribution in [1.29, 1.82) is 0 Å². The Balaban J connectivity index is 2.93. The molecule has 0 aromatic carbocycles. The fraction of sp³-hybridized carbons (Fsp3) is 0.800. The average molecular weight is 247 g/mol. The van der Waals surface area contributed by atoms with E-state index >= 15 is 0 Å². The molecule has 0 radical (unpaired) electrons. The van der Waals surface area contributed by atoms with Crippen LogP contribution in [0.1, 0.15) is 26.7 Å². The molecule has 1 atom stereocenters. The molecule has 0 spiro atoms. The van der Waals surface area contributed by atoms with Crippen molar-refractivity contribution in [1.82, 2.24) is 0 Å². The molecule has 6 heteroatoms. The van der Waals surface area contributed by atoms with Gasteiger partial charge in [0, 0.05) is 11.5 Å². The van der Waals surface area contributed by atoms with Gasteiger partial charge in [-0.1, -0.05) is 13.8 Å². The molecule has 0 aromatic heterocycles. The number of carboxylic acids is 1. The first-order chi connectivity index (χ1) is 7.36. The number of rotatable bonds is 3. The number of carbonyl (C=O) groups is 2. The minimum Gasteiger partial charge on any atom is -0.481 e. The number of amides is 1. The lowest BCUT2D eigenvalue weighted by atomic mass is 9.96. The fourth-order valence-electron chi connectivity index (χ4n) is 1.75. The van der Waals surface area contributed by atoms with E-state index in [4.69, 9.17) is 5.11 Å². The quantitative estimate of drug-likeness (QED) is 0.758. The van der Waals surface area contributed by atoms with Gasteiger partial charge in [0.25, 0.3) is 5.91 Å². The van der Waals surface area contributed by atoms with Crippen LogP contribution in [0, 0.1) is 11.8 Å². The molecule has 5 nitrogen and oxygen atoms in total. The second kappa shape index (κ2) is 4.95. The summed E-state index contributed by atoms with van der Waals surface area (Å²) < 4.78 is 15.6. The molecular weight excluding hydrogens is 230 g/mol. The van der Waals surface area contributed by atoms with Crippen molar-refractivity contribution >= 4 is 21.6 Å². The van der Waals surface area contributed by atoms with Gasteiger partial charge in [-0.3, -0.25) is 9.59 Å². The van der Waals surface area contributed by atoms with E-state index in [1.807, 2.05) is 0 Å². The van der Waals surface area contributed by atoms with E-state index in [-0.39, 0.29) is 5.92 Å². The summed E-state index contributed by atoms with van der Waals surface area (Å²) in [5.41, 5.74) is 0. The summed E-state index contributed by atoms with van der Waals surface area (Å²) in [5.74, 6) is -2.59. The monoisotopic (exact) mass is 247 g/mol. The second-order valence-electron chi connectivity index (χ2n) is 4.38. The smallest absolute Gasteiger partial charge is 0.316 e. The van der Waals surface area contributed by atoms with Crippen LogP contribution in [0.2, 0.25) is 0 Å². The molecule has 1 saturated heterocycles. The SMILES string of the molecule is CC(C)C(C(=O)O)C(=O)N=S1(=O)CCCC1. The standard InChI is InChI=1S/C10H17NO4S/c1-7(2)8(10(13)14)9(12)11-16(15)5-3-4-6-16/h7-8H,3-6H2,1-2H3,(H,13,14). The zero-order valence-electron chi connectivity index (χ0n) is 9.51. The molecule has 0 bridgehead atoms. The molecule has 0 saturated carbocycles. The number of carbonyl (C=O) groups excluding carboxylic acids is 1. The van der Waals surface area contributed by atoms with Crippen LogP contribution in [0.15, 0.2) is 4.36 Å². The fourth-order valence-corrected chi connectivity index (χ4v) is 3.88. The third-order valence-corrected chi connectivity index (χ3v) is 5.00. The van der Waals surface area contributed by atoms with Crippen molar-refractivity contribution in [2.45, 2.75) is 26.7 Å². The molecule has 92 valence electrons. The van der Waals surface area contributed by atoms with Crippen LogP contribution < -0.4 is 0 Å². The highest BCUT2D eigenvalue weighted by Crippen LogP contribution is 2.18. The van der Waals surface area contributed by atoms with E-state index in [0.29, 0.717) is 11.5 Å². The average Bonchev–Trinajstić information content (AvgIpc) is 2.49. The molecule has 1 heterocycles. The van der Waals surface area contributed by atoms with E-state index in [0.717, 1.165) is 12.8 Å². The topological polar surface area (TPSA) is 83.8 Å². The molecule has 1 N–H and O–H groups in total. The van der Waals surface area contributed by atoms with Crippen molar-refractivity contribution in [3.8, 4) is 0 Å². The van der Waals surface area contributed by atoms with Gasteiger partial charge in [0.15, 0.2) is 0 Å². The molecule has 0 aromatic rings. The van der Waals surface area contributed by atoms with Gasteiger partial charge in [-0.05, 0) is 18.8 Å². The Bertz CT molecular complexity index is 395. The summed E-state index contributed by atoms with van der Waals surface area (Å²) in [6.07, 6.45) is 1.60. The van der Waals surface area contributed by atoms with Gasteiger partial charge in [0.2, 0.25) is 0 Å². The molecule has 1 unspecified atom stereocenters. The normalized spacial score (nSPS) is 20.7. The highest BCUT2D eigenvalue weighted by Gasteiger charge is 2.31. The zero-order chi connectivity index (χ0) is 12.3. The molecule has 1 aliphatic rings. The van der Waals surface area contributed by atoms with Crippen molar-refractivity contribution in [2.75, 3.05) is 11.5 Å². The van der Waals surface area contributed by atoms with Gasteiger partial charge < -0.3 is 5.11 Å². The zero-order valence-corrected chi connectivity index (χ0v) is 10.3. The van der Waals surface area contributed by atoms with Gasteiger partial charge in [-0.2, -0.15) is 4.36 Å². The summed E-state index contributed by atoms with van der Waals surface area (Å²) in [4.78, 5) is 22.5. The Morgan fingerprint density at radius 1 is 1.25 bits per heavy atom. The first-order valence-corrected chi connectivity index (χ1v) is 7.20. The summed E-state index contributed by atoms with van der Waals surface area (Å²) in [6.45, 7) is 3.29. The van der Waals surface area contributed by atoms with Crippen molar-refractivity contribution < 1.29 is 18.9 Å². The maximum Gasteiger partial charge on any atom is 0.316 e. The highest BCUT2D eigenvalue weighted by atomic mass is 32.2. The van der Waals surface area contributed by atoms with Gasteiger partial charge in [-0.25, -0.2) is 4.21 Å². The Kier molecular flexibility index (Phi) is 4.07. The van der Waals surface area contributed by atoms with Crippen molar-refractivity contribution in [3.63, 3.8) is 0 Å². The number of carboxylic acid groups (broad SMARTS) is 1. The van der Waals surface area contributed by atoms with E-state index in [2.05, 4.69) is 4.36 Å². The molecular formula is C10H17NO4S. The summed E-state index contributed by atoms with van der Waals surface area (Å²) in [6, 6.07) is 0. The molecule has 16 heavy (non-hydrogen) atoms. The van der Waals surface area contributed by atoms with E-state index in [9.17, 15) is 13.8 Å². The van der Waals surface area contributed by atoms with Crippen LogP contribution in [0.3, 0.4) is 0 Å². The highest BCUT2D eigenvalue weighted by molar-refractivity contribution is 7.94. The Morgan fingerprint density at radius 3 is 2.12 bits per heavy atom. The van der Waals surface area contributed by atoms with Crippen LogP contribution in [-0.4, -0.2) is 32.7 Å². The van der Waals surface area contributed by atoms with Crippen LogP contribution in [0.5, 0.6) is 0 Å². The van der Waals surface area contributed by atoms with Gasteiger partial charge in [-0.15, -0.1) is 0 Å². The summed E-state index contributed by atoms with van der Waals surface area (Å²) in [7, 11) is -2.45. The minimum atomic E-state index is -2.45.